The second-order valence-electron chi connectivity index (χ2n) is 4.90. The molecule has 0 aliphatic carbocycles. The van der Waals surface area contributed by atoms with Gasteiger partial charge in [0.05, 0.1) is 5.60 Å². The van der Waals surface area contributed by atoms with Crippen molar-refractivity contribution < 1.29 is 5.11 Å². The average molecular weight is 256 g/mol. The first-order valence-corrected chi connectivity index (χ1v) is 6.62. The summed E-state index contributed by atoms with van der Waals surface area (Å²) in [6.45, 7) is 2.07. The monoisotopic (exact) mass is 256 g/mol. The Hall–Kier alpha value is -1.87. The molecule has 19 heavy (non-hydrogen) atoms. The predicted molar refractivity (Wildman–Crippen MR) is 77.6 cm³/mol. The largest absolute Gasteiger partial charge is 0.398 e. The van der Waals surface area contributed by atoms with Crippen molar-refractivity contribution in [3.63, 3.8) is 0 Å². The van der Waals surface area contributed by atoms with E-state index in [0.29, 0.717) is 18.5 Å². The van der Waals surface area contributed by atoms with E-state index in [0.717, 1.165) is 17.5 Å². The number of nitrogens with zero attached hydrogens (tertiary/aromatic N) is 1. The molecule has 0 radical (unpaired) electrons. The quantitative estimate of drug-likeness (QED) is 0.864. The van der Waals surface area contributed by atoms with Crippen LogP contribution in [0.1, 0.15) is 30.9 Å². The minimum atomic E-state index is -0.882. The number of aromatic nitrogens is 1. The molecule has 3 nitrogen and oxygen atoms in total. The van der Waals surface area contributed by atoms with Crippen molar-refractivity contribution in [3.8, 4) is 0 Å². The normalized spacial score (nSPS) is 14.0. The van der Waals surface area contributed by atoms with Crippen LogP contribution < -0.4 is 5.73 Å². The Morgan fingerprint density at radius 1 is 1.21 bits per heavy atom. The second kappa shape index (κ2) is 5.85. The van der Waals surface area contributed by atoms with Crippen LogP contribution in [0.4, 0.5) is 5.69 Å². The molecule has 0 saturated heterocycles. The van der Waals surface area contributed by atoms with Gasteiger partial charge in [-0.1, -0.05) is 43.7 Å². The van der Waals surface area contributed by atoms with Crippen LogP contribution in [0, 0.1) is 0 Å². The maximum absolute atomic E-state index is 11.0. The highest BCUT2D eigenvalue weighted by atomic mass is 16.3. The second-order valence-corrected chi connectivity index (χ2v) is 4.90. The van der Waals surface area contributed by atoms with Gasteiger partial charge in [-0.05, 0) is 23.6 Å². The lowest BCUT2D eigenvalue weighted by atomic mass is 9.84. The minimum Gasteiger partial charge on any atom is -0.398 e. The van der Waals surface area contributed by atoms with Crippen LogP contribution in [0.15, 0.2) is 48.8 Å². The van der Waals surface area contributed by atoms with Gasteiger partial charge in [0, 0.05) is 24.5 Å². The fraction of sp³-hybridized carbons (Fsp3) is 0.312. The number of nitrogens with two attached hydrogens (primary N) is 1. The number of hydrogen-bond donors (Lipinski definition) is 2. The lowest BCUT2D eigenvalue weighted by molar-refractivity contribution is 0.0270. The van der Waals surface area contributed by atoms with Gasteiger partial charge in [-0.3, -0.25) is 4.98 Å². The van der Waals surface area contributed by atoms with E-state index in [1.54, 1.807) is 18.5 Å². The van der Waals surface area contributed by atoms with Crippen LogP contribution in [0.5, 0.6) is 0 Å². The molecule has 2 rings (SSSR count). The number of nitrogen functional groups attached to an aromatic ring is 1. The maximum Gasteiger partial charge on any atom is 0.0937 e. The van der Waals surface area contributed by atoms with Crippen molar-refractivity contribution in [1.82, 2.24) is 4.98 Å². The summed E-state index contributed by atoms with van der Waals surface area (Å²) in [7, 11) is 0. The minimum absolute atomic E-state index is 0.491. The third kappa shape index (κ3) is 3.12. The van der Waals surface area contributed by atoms with Crippen LogP contribution in [-0.2, 0) is 12.0 Å². The van der Waals surface area contributed by atoms with E-state index in [1.165, 1.54) is 0 Å². The Balaban J connectivity index is 2.33. The van der Waals surface area contributed by atoms with Crippen molar-refractivity contribution in [3.05, 3.63) is 59.9 Å². The molecule has 0 saturated carbocycles. The van der Waals surface area contributed by atoms with Crippen LogP contribution in [-0.4, -0.2) is 10.1 Å². The molecule has 0 bridgehead atoms. The summed E-state index contributed by atoms with van der Waals surface area (Å²) >= 11 is 0. The Morgan fingerprint density at radius 2 is 1.95 bits per heavy atom. The molecule has 0 aliphatic heterocycles. The number of anilines is 1. The molecule has 0 spiro atoms. The van der Waals surface area contributed by atoms with Crippen LogP contribution in [0.25, 0.3) is 0 Å². The summed E-state index contributed by atoms with van der Waals surface area (Å²) in [5.41, 5.74) is 7.57. The zero-order chi connectivity index (χ0) is 13.7. The van der Waals surface area contributed by atoms with E-state index < -0.39 is 5.60 Å². The zero-order valence-electron chi connectivity index (χ0n) is 11.2. The molecule has 1 heterocycles. The molecule has 0 amide bonds. The third-order valence-corrected chi connectivity index (χ3v) is 3.40. The smallest absolute Gasteiger partial charge is 0.0937 e. The third-order valence-electron chi connectivity index (χ3n) is 3.40. The highest BCUT2D eigenvalue weighted by Crippen LogP contribution is 2.31. The van der Waals surface area contributed by atoms with Gasteiger partial charge >= 0.3 is 0 Å². The Morgan fingerprint density at radius 3 is 2.58 bits per heavy atom. The molecule has 0 fully saturated rings. The first-order valence-electron chi connectivity index (χ1n) is 6.62. The van der Waals surface area contributed by atoms with E-state index in [4.69, 9.17) is 5.73 Å². The van der Waals surface area contributed by atoms with Crippen LogP contribution in [0.2, 0.25) is 0 Å². The maximum atomic E-state index is 11.0. The highest BCUT2D eigenvalue weighted by Gasteiger charge is 2.29. The van der Waals surface area contributed by atoms with Crippen molar-refractivity contribution in [2.24, 2.45) is 0 Å². The number of pyridine rings is 1. The van der Waals surface area contributed by atoms with Crippen LogP contribution in [0.3, 0.4) is 0 Å². The van der Waals surface area contributed by atoms with Gasteiger partial charge in [-0.15, -0.1) is 0 Å². The number of aliphatic hydroxyl groups is 1. The summed E-state index contributed by atoms with van der Waals surface area (Å²) in [5.74, 6) is 0. The molecular formula is C16H20N2O. The van der Waals surface area contributed by atoms with Crippen LogP contribution >= 0.6 is 0 Å². The molecule has 2 aromatic rings. The Kier molecular flexibility index (Phi) is 4.17. The lowest BCUT2D eigenvalue weighted by Gasteiger charge is -2.29. The van der Waals surface area contributed by atoms with Crippen molar-refractivity contribution in [2.75, 3.05) is 5.73 Å². The van der Waals surface area contributed by atoms with Crippen molar-refractivity contribution >= 4 is 5.69 Å². The summed E-state index contributed by atoms with van der Waals surface area (Å²) in [4.78, 5) is 4.09. The van der Waals surface area contributed by atoms with Crippen molar-refractivity contribution in [1.29, 1.82) is 0 Å². The van der Waals surface area contributed by atoms with Gasteiger partial charge in [0.25, 0.3) is 0 Å². The van der Waals surface area contributed by atoms with Gasteiger partial charge < -0.3 is 10.8 Å². The number of hydrogen-bond acceptors (Lipinski definition) is 3. The lowest BCUT2D eigenvalue weighted by Crippen LogP contribution is -2.28. The molecule has 1 atom stereocenters. The van der Waals surface area contributed by atoms with E-state index in [-0.39, 0.29) is 0 Å². The molecule has 1 unspecified atom stereocenters. The van der Waals surface area contributed by atoms with E-state index in [2.05, 4.69) is 11.9 Å². The van der Waals surface area contributed by atoms with Gasteiger partial charge in [0.2, 0.25) is 0 Å². The molecule has 0 aliphatic rings. The molecule has 3 N–H and O–H groups in total. The SMILES string of the molecule is CCCC(O)(Cc1cnccc1N)c1ccccc1. The van der Waals surface area contributed by atoms with Crippen molar-refractivity contribution in [2.45, 2.75) is 31.8 Å². The fourth-order valence-electron chi connectivity index (χ4n) is 2.40. The van der Waals surface area contributed by atoms with Gasteiger partial charge in [0.1, 0.15) is 0 Å². The van der Waals surface area contributed by atoms with Gasteiger partial charge in [-0.2, -0.15) is 0 Å². The summed E-state index contributed by atoms with van der Waals surface area (Å²) in [5, 5.41) is 11.0. The first-order chi connectivity index (χ1) is 9.15. The molecular weight excluding hydrogens is 236 g/mol. The van der Waals surface area contributed by atoms with E-state index in [1.807, 2.05) is 30.3 Å². The Bertz CT molecular complexity index is 527. The summed E-state index contributed by atoms with van der Waals surface area (Å²) < 4.78 is 0. The number of rotatable bonds is 5. The van der Waals surface area contributed by atoms with Gasteiger partial charge in [-0.25, -0.2) is 0 Å². The fourth-order valence-corrected chi connectivity index (χ4v) is 2.40. The van der Waals surface area contributed by atoms with E-state index >= 15 is 0 Å². The Labute approximate surface area is 114 Å². The standard InChI is InChI=1S/C16H20N2O/c1-2-9-16(19,14-6-4-3-5-7-14)11-13-12-18-10-8-15(13)17/h3-8,10,12,19H,2,9,11H2,1H3,(H2,17,18). The number of benzene rings is 1. The molecule has 100 valence electrons. The molecule has 1 aromatic carbocycles. The molecule has 1 aromatic heterocycles. The average Bonchev–Trinajstić information content (AvgIpc) is 2.43. The summed E-state index contributed by atoms with van der Waals surface area (Å²) in [6.07, 6.45) is 5.50. The zero-order valence-corrected chi connectivity index (χ0v) is 11.2. The molecule has 3 heteroatoms. The first kappa shape index (κ1) is 13.6. The predicted octanol–water partition coefficient (Wildman–Crippen LogP) is 2.89. The summed E-state index contributed by atoms with van der Waals surface area (Å²) in [6, 6.07) is 11.5. The topological polar surface area (TPSA) is 59.1 Å². The van der Waals surface area contributed by atoms with Gasteiger partial charge in [0.15, 0.2) is 0 Å². The highest BCUT2D eigenvalue weighted by molar-refractivity contribution is 5.45. The van der Waals surface area contributed by atoms with E-state index in [9.17, 15) is 5.11 Å².